The number of aromatic nitrogens is 2. The van der Waals surface area contributed by atoms with E-state index in [9.17, 15) is 19.5 Å². The van der Waals surface area contributed by atoms with Crippen molar-refractivity contribution in [2.45, 2.75) is 13.0 Å². The van der Waals surface area contributed by atoms with Crippen LogP contribution in [0.15, 0.2) is 65.0 Å². The number of pyridine rings is 1. The molecule has 11 heteroatoms. The van der Waals surface area contributed by atoms with Crippen LogP contribution in [0.1, 0.15) is 37.7 Å². The number of nitrogen functional groups attached to an aromatic ring is 1. The molecule has 10 nitrogen and oxygen atoms in total. The summed E-state index contributed by atoms with van der Waals surface area (Å²) in [6.07, 6.45) is 3.69. The van der Waals surface area contributed by atoms with Gasteiger partial charge in [-0.15, -0.1) is 11.3 Å². The number of carbonyl (C=O) groups excluding carboxylic acids is 1. The molecule has 0 fully saturated rings. The summed E-state index contributed by atoms with van der Waals surface area (Å²) in [5.74, 6) is -1.53. The number of carboxylic acids is 1. The van der Waals surface area contributed by atoms with Gasteiger partial charge in [0.05, 0.1) is 12.1 Å². The van der Waals surface area contributed by atoms with Crippen LogP contribution in [0.4, 0.5) is 5.69 Å². The lowest BCUT2D eigenvalue weighted by Gasteiger charge is -2.13. The average Bonchev–Trinajstić information content (AvgIpc) is 3.38. The van der Waals surface area contributed by atoms with Crippen molar-refractivity contribution >= 4 is 45.6 Å². The number of rotatable bonds is 10. The van der Waals surface area contributed by atoms with E-state index in [2.05, 4.69) is 15.6 Å². The highest BCUT2D eigenvalue weighted by Gasteiger charge is 2.15. The lowest BCUT2D eigenvalue weighted by Crippen LogP contribution is -2.26. The molecule has 2 aromatic carbocycles. The van der Waals surface area contributed by atoms with Crippen molar-refractivity contribution in [1.82, 2.24) is 14.9 Å². The van der Waals surface area contributed by atoms with Crippen LogP contribution in [0, 0.1) is 5.41 Å². The van der Waals surface area contributed by atoms with Crippen LogP contribution in [0.25, 0.3) is 10.9 Å². The Kier molecular flexibility index (Phi) is 7.40. The molecule has 6 N–H and O–H groups in total. The van der Waals surface area contributed by atoms with E-state index in [0.717, 1.165) is 10.7 Å². The van der Waals surface area contributed by atoms with E-state index in [1.807, 2.05) is 11.4 Å². The zero-order valence-corrected chi connectivity index (χ0v) is 20.0. The van der Waals surface area contributed by atoms with Crippen molar-refractivity contribution < 1.29 is 14.7 Å². The van der Waals surface area contributed by atoms with Crippen molar-refractivity contribution in [2.75, 3.05) is 18.4 Å². The molecular formula is C25H24N6O4S. The monoisotopic (exact) mass is 504 g/mol. The first-order valence-corrected chi connectivity index (χ1v) is 12.0. The molecule has 0 aliphatic carbocycles. The van der Waals surface area contributed by atoms with Crippen LogP contribution in [0.5, 0.6) is 0 Å². The molecule has 184 valence electrons. The molecular weight excluding hydrogens is 480 g/mol. The second-order valence-corrected chi connectivity index (χ2v) is 8.97. The summed E-state index contributed by atoms with van der Waals surface area (Å²) in [6.45, 7) is 1.36. The van der Waals surface area contributed by atoms with Crippen LogP contribution in [0.2, 0.25) is 0 Å². The van der Waals surface area contributed by atoms with Gasteiger partial charge in [0.25, 0.3) is 5.91 Å². The number of fused-ring (bicyclic) bond motifs is 1. The van der Waals surface area contributed by atoms with Gasteiger partial charge >= 0.3 is 5.97 Å². The number of aromatic carboxylic acids is 1. The molecule has 0 radical (unpaired) electrons. The maximum Gasteiger partial charge on any atom is 0.341 e. The highest BCUT2D eigenvalue weighted by molar-refractivity contribution is 7.09. The molecule has 0 aliphatic heterocycles. The largest absolute Gasteiger partial charge is 0.477 e. The van der Waals surface area contributed by atoms with Crippen molar-refractivity contribution in [3.8, 4) is 0 Å². The summed E-state index contributed by atoms with van der Waals surface area (Å²) in [5.41, 5.74) is 7.03. The fraction of sp³-hybridized carbons (Fsp3) is 0.160. The molecule has 0 aliphatic rings. The van der Waals surface area contributed by atoms with Gasteiger partial charge in [0.1, 0.15) is 16.4 Å². The highest BCUT2D eigenvalue weighted by Crippen LogP contribution is 2.20. The van der Waals surface area contributed by atoms with E-state index in [4.69, 9.17) is 11.1 Å². The SMILES string of the molecule is N=C(N)c1ccc(C(=O)NCCCNc2ccc3c(=O)c(C(=O)O)cn(Cc4nccs4)c3c2)cc1. The second-order valence-electron chi connectivity index (χ2n) is 7.99. The van der Waals surface area contributed by atoms with Gasteiger partial charge in [0.15, 0.2) is 0 Å². The zero-order valence-electron chi connectivity index (χ0n) is 19.2. The summed E-state index contributed by atoms with van der Waals surface area (Å²) in [6, 6.07) is 11.7. The molecule has 0 unspecified atom stereocenters. The zero-order chi connectivity index (χ0) is 25.7. The lowest BCUT2D eigenvalue weighted by molar-refractivity contribution is 0.0694. The molecule has 2 heterocycles. The minimum Gasteiger partial charge on any atom is -0.477 e. The minimum absolute atomic E-state index is 0.0516. The molecule has 0 saturated carbocycles. The average molecular weight is 505 g/mol. The summed E-state index contributed by atoms with van der Waals surface area (Å²) >= 11 is 1.45. The second kappa shape index (κ2) is 10.8. The number of amides is 1. The molecule has 0 saturated heterocycles. The van der Waals surface area contributed by atoms with Gasteiger partial charge in [0, 0.05) is 53.1 Å². The summed E-state index contributed by atoms with van der Waals surface area (Å²) in [5, 5.41) is 25.9. The van der Waals surface area contributed by atoms with E-state index in [1.165, 1.54) is 17.5 Å². The third kappa shape index (κ3) is 5.58. The third-order valence-electron chi connectivity index (χ3n) is 5.53. The fourth-order valence-corrected chi connectivity index (χ4v) is 4.30. The van der Waals surface area contributed by atoms with Crippen LogP contribution >= 0.6 is 11.3 Å². The summed E-state index contributed by atoms with van der Waals surface area (Å²) < 4.78 is 1.72. The molecule has 1 amide bonds. The van der Waals surface area contributed by atoms with E-state index in [0.29, 0.717) is 48.1 Å². The first-order valence-electron chi connectivity index (χ1n) is 11.1. The van der Waals surface area contributed by atoms with E-state index < -0.39 is 11.4 Å². The number of hydrogen-bond donors (Lipinski definition) is 5. The van der Waals surface area contributed by atoms with Crippen molar-refractivity contribution in [2.24, 2.45) is 5.73 Å². The van der Waals surface area contributed by atoms with Crippen LogP contribution in [0.3, 0.4) is 0 Å². The molecule has 2 aromatic heterocycles. The quantitative estimate of drug-likeness (QED) is 0.126. The number of nitrogens with one attached hydrogen (secondary N) is 3. The first-order chi connectivity index (χ1) is 17.3. The molecule has 4 rings (SSSR count). The van der Waals surface area contributed by atoms with Gasteiger partial charge in [-0.3, -0.25) is 15.0 Å². The summed E-state index contributed by atoms with van der Waals surface area (Å²) in [4.78, 5) is 40.8. The number of amidine groups is 1. The van der Waals surface area contributed by atoms with Crippen molar-refractivity contribution in [3.63, 3.8) is 0 Å². The Balaban J connectivity index is 1.41. The maximum atomic E-state index is 12.7. The van der Waals surface area contributed by atoms with Gasteiger partial charge in [-0.25, -0.2) is 9.78 Å². The number of carbonyl (C=O) groups is 2. The minimum atomic E-state index is -1.27. The molecule has 0 spiro atoms. The predicted octanol–water partition coefficient (Wildman–Crippen LogP) is 2.72. The van der Waals surface area contributed by atoms with Gasteiger partial charge in [-0.2, -0.15) is 0 Å². The molecule has 36 heavy (non-hydrogen) atoms. The smallest absolute Gasteiger partial charge is 0.341 e. The van der Waals surface area contributed by atoms with Crippen molar-refractivity contribution in [1.29, 1.82) is 5.41 Å². The Hall–Kier alpha value is -4.51. The van der Waals surface area contributed by atoms with Gasteiger partial charge in [-0.1, -0.05) is 12.1 Å². The standard InChI is InChI=1S/C25H24N6O4S/c26-23(27)15-2-4-16(5-3-15)24(33)30-9-1-8-28-17-6-7-18-20(12-17)31(14-21-29-10-11-36-21)13-19(22(18)32)25(34)35/h2-7,10-13,28H,1,8-9,14H2,(H3,26,27)(H,30,33)(H,34,35). The molecule has 0 atom stereocenters. The van der Waals surface area contributed by atoms with Crippen LogP contribution in [-0.4, -0.2) is 45.5 Å². The fourth-order valence-electron chi connectivity index (χ4n) is 3.69. The van der Waals surface area contributed by atoms with E-state index in [-0.39, 0.29) is 17.3 Å². The first kappa shape index (κ1) is 24.6. The predicted molar refractivity (Wildman–Crippen MR) is 139 cm³/mol. The Morgan fingerprint density at radius 2 is 1.86 bits per heavy atom. The topological polar surface area (TPSA) is 163 Å². The number of hydrogen-bond acceptors (Lipinski definition) is 7. The number of benzene rings is 2. The molecule has 4 aromatic rings. The van der Waals surface area contributed by atoms with E-state index in [1.54, 1.807) is 47.2 Å². The Morgan fingerprint density at radius 1 is 1.11 bits per heavy atom. The van der Waals surface area contributed by atoms with Crippen molar-refractivity contribution in [3.05, 3.63) is 92.2 Å². The third-order valence-corrected chi connectivity index (χ3v) is 6.29. The van der Waals surface area contributed by atoms with E-state index >= 15 is 0 Å². The van der Waals surface area contributed by atoms with Crippen LogP contribution in [-0.2, 0) is 6.54 Å². The molecule has 0 bridgehead atoms. The summed E-state index contributed by atoms with van der Waals surface area (Å²) in [7, 11) is 0. The number of thiazole rings is 1. The highest BCUT2D eigenvalue weighted by atomic mass is 32.1. The number of nitrogens with two attached hydrogens (primary N) is 1. The van der Waals surface area contributed by atoms with Crippen LogP contribution < -0.4 is 21.8 Å². The normalized spacial score (nSPS) is 10.8. The van der Waals surface area contributed by atoms with Gasteiger partial charge in [0.2, 0.25) is 5.43 Å². The number of carboxylic acid groups (broad SMARTS) is 1. The Labute approximate surface area is 209 Å². The van der Waals surface area contributed by atoms with Gasteiger partial charge in [-0.05, 0) is 36.8 Å². The number of anilines is 1. The Bertz CT molecular complexity index is 1480. The lowest BCUT2D eigenvalue weighted by atomic mass is 10.1. The Morgan fingerprint density at radius 3 is 2.53 bits per heavy atom. The number of nitrogens with zero attached hydrogens (tertiary/aromatic N) is 2. The maximum absolute atomic E-state index is 12.7. The van der Waals surface area contributed by atoms with Gasteiger partial charge < -0.3 is 26.0 Å².